The van der Waals surface area contributed by atoms with Crippen molar-refractivity contribution >= 4 is 11.8 Å². The molecule has 1 aromatic heterocycles. The molecule has 1 saturated heterocycles. The summed E-state index contributed by atoms with van der Waals surface area (Å²) in [6.45, 7) is 3.54. The van der Waals surface area contributed by atoms with Crippen molar-refractivity contribution in [2.45, 2.75) is 19.8 Å². The van der Waals surface area contributed by atoms with E-state index < -0.39 is 0 Å². The smallest absolute Gasteiger partial charge is 0.255 e. The van der Waals surface area contributed by atoms with Gasteiger partial charge in [0.1, 0.15) is 5.75 Å². The number of hydrogen-bond donors (Lipinski definition) is 2. The van der Waals surface area contributed by atoms with Gasteiger partial charge < -0.3 is 15.3 Å². The van der Waals surface area contributed by atoms with E-state index in [2.05, 4.69) is 10.3 Å². The number of amides is 2. The van der Waals surface area contributed by atoms with Crippen molar-refractivity contribution in [3.63, 3.8) is 0 Å². The summed E-state index contributed by atoms with van der Waals surface area (Å²) < 4.78 is 0. The third kappa shape index (κ3) is 3.46. The minimum Gasteiger partial charge on any atom is -0.505 e. The van der Waals surface area contributed by atoms with Gasteiger partial charge in [0, 0.05) is 32.8 Å². The highest BCUT2D eigenvalue weighted by molar-refractivity contribution is 5.96. The second kappa shape index (κ2) is 6.36. The molecule has 2 heterocycles. The van der Waals surface area contributed by atoms with Crippen molar-refractivity contribution in [1.82, 2.24) is 15.2 Å². The molecule has 0 bridgehead atoms. The Balaban J connectivity index is 1.87. The average molecular weight is 277 g/mol. The molecule has 20 heavy (non-hydrogen) atoms. The van der Waals surface area contributed by atoms with E-state index in [0.29, 0.717) is 13.1 Å². The Bertz CT molecular complexity index is 504. The fourth-order valence-electron chi connectivity index (χ4n) is 2.43. The van der Waals surface area contributed by atoms with E-state index in [4.69, 9.17) is 0 Å². The molecule has 108 valence electrons. The third-order valence-electron chi connectivity index (χ3n) is 3.56. The fraction of sp³-hybridized carbons (Fsp3) is 0.500. The standard InChI is InChI=1S/C14H19N3O3/c1-10(18)17-6-2-3-11(9-17)7-16-14(20)12-4-5-15-8-13(12)19/h4-5,8,11,19H,2-3,6-7,9H2,1H3,(H,16,20)/t11-/m1/s1. The van der Waals surface area contributed by atoms with Gasteiger partial charge in [0.15, 0.2) is 0 Å². The van der Waals surface area contributed by atoms with Gasteiger partial charge >= 0.3 is 0 Å². The molecule has 2 rings (SSSR count). The molecule has 0 radical (unpaired) electrons. The molecule has 1 aromatic rings. The maximum Gasteiger partial charge on any atom is 0.255 e. The first-order chi connectivity index (χ1) is 9.58. The van der Waals surface area contributed by atoms with Crippen LogP contribution in [0, 0.1) is 5.92 Å². The maximum absolute atomic E-state index is 11.9. The van der Waals surface area contributed by atoms with Crippen LogP contribution in [0.2, 0.25) is 0 Å². The summed E-state index contributed by atoms with van der Waals surface area (Å²) in [6.07, 6.45) is 4.66. The Morgan fingerprint density at radius 2 is 2.35 bits per heavy atom. The van der Waals surface area contributed by atoms with Gasteiger partial charge in [0.2, 0.25) is 5.91 Å². The number of likely N-dealkylation sites (tertiary alicyclic amines) is 1. The summed E-state index contributed by atoms with van der Waals surface area (Å²) in [6, 6.07) is 1.48. The van der Waals surface area contributed by atoms with E-state index in [-0.39, 0.29) is 29.0 Å². The molecule has 1 atom stereocenters. The predicted molar refractivity (Wildman–Crippen MR) is 73.2 cm³/mol. The van der Waals surface area contributed by atoms with Crippen LogP contribution in [0.25, 0.3) is 0 Å². The van der Waals surface area contributed by atoms with Gasteiger partial charge in [-0.3, -0.25) is 14.6 Å². The second-order valence-electron chi connectivity index (χ2n) is 5.08. The van der Waals surface area contributed by atoms with Gasteiger partial charge in [0.05, 0.1) is 11.8 Å². The zero-order valence-electron chi connectivity index (χ0n) is 11.5. The first-order valence-corrected chi connectivity index (χ1v) is 6.74. The highest BCUT2D eigenvalue weighted by Crippen LogP contribution is 2.17. The molecule has 1 fully saturated rings. The Kier molecular flexibility index (Phi) is 4.55. The summed E-state index contributed by atoms with van der Waals surface area (Å²) in [7, 11) is 0. The van der Waals surface area contributed by atoms with E-state index >= 15 is 0 Å². The van der Waals surface area contributed by atoms with Crippen LogP contribution in [-0.2, 0) is 4.79 Å². The first kappa shape index (κ1) is 14.3. The van der Waals surface area contributed by atoms with Crippen LogP contribution in [0.4, 0.5) is 0 Å². The van der Waals surface area contributed by atoms with Gasteiger partial charge in [0.25, 0.3) is 5.91 Å². The van der Waals surface area contributed by atoms with Gasteiger partial charge in [-0.05, 0) is 24.8 Å². The van der Waals surface area contributed by atoms with Crippen LogP contribution in [-0.4, -0.2) is 46.4 Å². The Morgan fingerprint density at radius 3 is 3.05 bits per heavy atom. The zero-order chi connectivity index (χ0) is 14.5. The van der Waals surface area contributed by atoms with E-state index in [1.54, 1.807) is 6.92 Å². The van der Waals surface area contributed by atoms with Gasteiger partial charge in [-0.15, -0.1) is 0 Å². The van der Waals surface area contributed by atoms with E-state index in [0.717, 1.165) is 19.4 Å². The summed E-state index contributed by atoms with van der Waals surface area (Å²) >= 11 is 0. The molecule has 2 N–H and O–H groups in total. The molecule has 0 aliphatic carbocycles. The minimum absolute atomic E-state index is 0.0767. The summed E-state index contributed by atoms with van der Waals surface area (Å²) in [5.41, 5.74) is 0.222. The Labute approximate surface area is 117 Å². The monoisotopic (exact) mass is 277 g/mol. The second-order valence-corrected chi connectivity index (χ2v) is 5.08. The highest BCUT2D eigenvalue weighted by atomic mass is 16.3. The molecule has 6 nitrogen and oxygen atoms in total. The number of aromatic nitrogens is 1. The molecule has 2 amide bonds. The fourth-order valence-corrected chi connectivity index (χ4v) is 2.43. The van der Waals surface area contributed by atoms with Crippen LogP contribution < -0.4 is 5.32 Å². The number of piperidine rings is 1. The summed E-state index contributed by atoms with van der Waals surface area (Å²) in [5, 5.41) is 12.4. The van der Waals surface area contributed by atoms with Crippen molar-refractivity contribution in [3.8, 4) is 5.75 Å². The van der Waals surface area contributed by atoms with E-state index in [9.17, 15) is 14.7 Å². The molecule has 1 aliphatic rings. The quantitative estimate of drug-likeness (QED) is 0.855. The lowest BCUT2D eigenvalue weighted by atomic mass is 9.98. The largest absolute Gasteiger partial charge is 0.505 e. The Hall–Kier alpha value is -2.11. The van der Waals surface area contributed by atoms with Crippen molar-refractivity contribution in [1.29, 1.82) is 0 Å². The number of rotatable bonds is 3. The number of carbonyl (C=O) groups is 2. The molecular formula is C14H19N3O3. The summed E-state index contributed by atoms with van der Waals surface area (Å²) in [5.74, 6) is -0.0998. The minimum atomic E-state index is -0.315. The molecule has 0 unspecified atom stereocenters. The van der Waals surface area contributed by atoms with Crippen molar-refractivity contribution < 1.29 is 14.7 Å². The lowest BCUT2D eigenvalue weighted by Crippen LogP contribution is -2.42. The molecular weight excluding hydrogens is 258 g/mol. The lowest BCUT2D eigenvalue weighted by Gasteiger charge is -2.32. The highest BCUT2D eigenvalue weighted by Gasteiger charge is 2.22. The summed E-state index contributed by atoms with van der Waals surface area (Å²) in [4.78, 5) is 28.8. The number of nitrogens with zero attached hydrogens (tertiary/aromatic N) is 2. The first-order valence-electron chi connectivity index (χ1n) is 6.74. The van der Waals surface area contributed by atoms with Crippen LogP contribution >= 0.6 is 0 Å². The molecule has 0 aromatic carbocycles. The molecule has 6 heteroatoms. The van der Waals surface area contributed by atoms with E-state index in [1.807, 2.05) is 4.90 Å². The predicted octanol–water partition coefficient (Wildman–Crippen LogP) is 0.775. The molecule has 1 aliphatic heterocycles. The normalized spacial score (nSPS) is 18.6. The van der Waals surface area contributed by atoms with Crippen LogP contribution in [0.3, 0.4) is 0 Å². The van der Waals surface area contributed by atoms with Crippen molar-refractivity contribution in [3.05, 3.63) is 24.0 Å². The maximum atomic E-state index is 11.9. The third-order valence-corrected chi connectivity index (χ3v) is 3.56. The average Bonchev–Trinajstić information content (AvgIpc) is 2.45. The number of carbonyl (C=O) groups excluding carboxylic acids is 2. The molecule has 0 spiro atoms. The van der Waals surface area contributed by atoms with Crippen LogP contribution in [0.1, 0.15) is 30.1 Å². The molecule has 0 saturated carbocycles. The number of hydrogen-bond acceptors (Lipinski definition) is 4. The Morgan fingerprint density at radius 1 is 1.55 bits per heavy atom. The number of pyridine rings is 1. The van der Waals surface area contributed by atoms with Gasteiger partial charge in [-0.25, -0.2) is 0 Å². The number of aromatic hydroxyl groups is 1. The number of nitrogens with one attached hydrogen (secondary N) is 1. The van der Waals surface area contributed by atoms with E-state index in [1.165, 1.54) is 18.5 Å². The zero-order valence-corrected chi connectivity index (χ0v) is 11.5. The van der Waals surface area contributed by atoms with Crippen molar-refractivity contribution in [2.75, 3.05) is 19.6 Å². The van der Waals surface area contributed by atoms with Crippen molar-refractivity contribution in [2.24, 2.45) is 5.92 Å². The van der Waals surface area contributed by atoms with Gasteiger partial charge in [-0.2, -0.15) is 0 Å². The van der Waals surface area contributed by atoms with Crippen LogP contribution in [0.15, 0.2) is 18.5 Å². The van der Waals surface area contributed by atoms with Crippen LogP contribution in [0.5, 0.6) is 5.75 Å². The van der Waals surface area contributed by atoms with Gasteiger partial charge in [-0.1, -0.05) is 0 Å². The topological polar surface area (TPSA) is 82.5 Å². The SMILES string of the molecule is CC(=O)N1CCC[C@H](CNC(=O)c2ccncc2O)C1. The lowest BCUT2D eigenvalue weighted by molar-refractivity contribution is -0.130.